The number of nitrogens with one attached hydrogen (secondary N) is 1. The summed E-state index contributed by atoms with van der Waals surface area (Å²) >= 11 is 12.0. The Morgan fingerprint density at radius 1 is 1.09 bits per heavy atom. The van der Waals surface area contributed by atoms with E-state index in [0.717, 1.165) is 11.3 Å². The molecule has 0 aliphatic carbocycles. The molecule has 0 fully saturated rings. The molecular formula is C26H24Cl2N2O4. The number of ether oxygens (including phenoxy) is 2. The molecule has 0 saturated heterocycles. The summed E-state index contributed by atoms with van der Waals surface area (Å²) in [4.78, 5) is 27.5. The summed E-state index contributed by atoms with van der Waals surface area (Å²) < 4.78 is 11.8. The van der Waals surface area contributed by atoms with Crippen molar-refractivity contribution in [2.75, 3.05) is 18.5 Å². The van der Waals surface area contributed by atoms with Crippen molar-refractivity contribution in [1.29, 1.82) is 0 Å². The smallest absolute Gasteiger partial charge is 0.264 e. The van der Waals surface area contributed by atoms with Crippen molar-refractivity contribution in [1.82, 2.24) is 4.90 Å². The van der Waals surface area contributed by atoms with Crippen LogP contribution in [0.4, 0.5) is 5.69 Å². The predicted molar refractivity (Wildman–Crippen MR) is 133 cm³/mol. The van der Waals surface area contributed by atoms with Gasteiger partial charge in [0.15, 0.2) is 6.10 Å². The van der Waals surface area contributed by atoms with Gasteiger partial charge in [-0.3, -0.25) is 9.59 Å². The minimum Gasteiger partial charge on any atom is -0.492 e. The van der Waals surface area contributed by atoms with Gasteiger partial charge in [0.25, 0.3) is 11.8 Å². The van der Waals surface area contributed by atoms with Crippen LogP contribution in [0.25, 0.3) is 0 Å². The summed E-state index contributed by atoms with van der Waals surface area (Å²) in [6.07, 6.45) is -0.0287. The van der Waals surface area contributed by atoms with Gasteiger partial charge >= 0.3 is 0 Å². The van der Waals surface area contributed by atoms with Crippen molar-refractivity contribution in [2.45, 2.75) is 26.0 Å². The number of carbonyl (C=O) groups excluding carboxylic acids is 2. The third kappa shape index (κ3) is 5.64. The Hall–Kier alpha value is -3.22. The van der Waals surface area contributed by atoms with E-state index in [0.29, 0.717) is 53.2 Å². The minimum atomic E-state index is -0.574. The summed E-state index contributed by atoms with van der Waals surface area (Å²) in [5.74, 6) is 0.973. The van der Waals surface area contributed by atoms with Crippen LogP contribution in [0.5, 0.6) is 11.5 Å². The normalized spacial score (nSPS) is 15.2. The minimum absolute atomic E-state index is 0.0863. The van der Waals surface area contributed by atoms with Crippen LogP contribution in [0.15, 0.2) is 66.7 Å². The standard InChI is InChI=1S/C26H24Cl2N2O4/c1-2-23-26(32)30(12-13-33-20-6-4-3-5-7-20)16-18-14-19(9-11-24(18)34-23)29-25(31)17-8-10-21(27)22(28)15-17/h3-11,14-15,23H,2,12-13,16H2,1H3,(H,29,31). The van der Waals surface area contributed by atoms with Crippen LogP contribution >= 0.6 is 23.2 Å². The molecule has 4 rings (SSSR count). The molecule has 1 aliphatic heterocycles. The number of hydrogen-bond acceptors (Lipinski definition) is 4. The van der Waals surface area contributed by atoms with Crippen LogP contribution in [0.1, 0.15) is 29.3 Å². The summed E-state index contributed by atoms with van der Waals surface area (Å²) in [7, 11) is 0. The largest absolute Gasteiger partial charge is 0.492 e. The molecule has 3 aromatic carbocycles. The summed E-state index contributed by atoms with van der Waals surface area (Å²) in [5, 5.41) is 3.56. The highest BCUT2D eigenvalue weighted by atomic mass is 35.5. The molecule has 34 heavy (non-hydrogen) atoms. The summed E-state index contributed by atoms with van der Waals surface area (Å²) in [6.45, 7) is 3.03. The van der Waals surface area contributed by atoms with Gasteiger partial charge in [0, 0.05) is 23.4 Å². The Labute approximate surface area is 208 Å². The van der Waals surface area contributed by atoms with E-state index in [9.17, 15) is 9.59 Å². The van der Waals surface area contributed by atoms with Crippen molar-refractivity contribution in [3.05, 3.63) is 87.9 Å². The second-order valence-electron chi connectivity index (χ2n) is 7.84. The maximum Gasteiger partial charge on any atom is 0.264 e. The maximum atomic E-state index is 13.0. The fourth-order valence-electron chi connectivity index (χ4n) is 3.66. The Morgan fingerprint density at radius 3 is 2.62 bits per heavy atom. The Bertz CT molecular complexity index is 1190. The van der Waals surface area contributed by atoms with Crippen LogP contribution in [0, 0.1) is 0 Å². The van der Waals surface area contributed by atoms with E-state index in [1.165, 1.54) is 6.07 Å². The molecular weight excluding hydrogens is 475 g/mol. The number of amides is 2. The number of rotatable bonds is 7. The van der Waals surface area contributed by atoms with Crippen molar-refractivity contribution in [2.24, 2.45) is 0 Å². The first kappa shape index (κ1) is 23.9. The van der Waals surface area contributed by atoms with Crippen LogP contribution in [0.3, 0.4) is 0 Å². The first-order valence-corrected chi connectivity index (χ1v) is 11.7. The molecule has 2 amide bonds. The number of fused-ring (bicyclic) bond motifs is 1. The van der Waals surface area contributed by atoms with Gasteiger partial charge in [-0.05, 0) is 55.0 Å². The lowest BCUT2D eigenvalue weighted by atomic mass is 10.1. The Morgan fingerprint density at radius 2 is 1.88 bits per heavy atom. The van der Waals surface area contributed by atoms with Crippen LogP contribution in [0.2, 0.25) is 10.0 Å². The molecule has 1 atom stereocenters. The number of para-hydroxylation sites is 1. The number of carbonyl (C=O) groups is 2. The van der Waals surface area contributed by atoms with E-state index in [1.54, 1.807) is 29.2 Å². The zero-order chi connectivity index (χ0) is 24.1. The topological polar surface area (TPSA) is 67.9 Å². The predicted octanol–water partition coefficient (Wildman–Crippen LogP) is 5.82. The first-order valence-electron chi connectivity index (χ1n) is 11.0. The van der Waals surface area contributed by atoms with Crippen molar-refractivity contribution < 1.29 is 19.1 Å². The van der Waals surface area contributed by atoms with Crippen molar-refractivity contribution in [3.63, 3.8) is 0 Å². The number of nitrogens with zero attached hydrogens (tertiary/aromatic N) is 1. The quantitative estimate of drug-likeness (QED) is 0.445. The van der Waals surface area contributed by atoms with Gasteiger partial charge in [-0.2, -0.15) is 0 Å². The summed E-state index contributed by atoms with van der Waals surface area (Å²) in [6, 6.07) is 19.5. The molecule has 1 N–H and O–H groups in total. The lowest BCUT2D eigenvalue weighted by molar-refractivity contribution is -0.138. The molecule has 1 heterocycles. The molecule has 6 nitrogen and oxygen atoms in total. The third-order valence-corrected chi connectivity index (χ3v) is 6.20. The van der Waals surface area contributed by atoms with Crippen LogP contribution in [-0.4, -0.2) is 36.0 Å². The average Bonchev–Trinajstić information content (AvgIpc) is 2.97. The van der Waals surface area contributed by atoms with Gasteiger partial charge in [0.2, 0.25) is 0 Å². The van der Waals surface area contributed by atoms with E-state index < -0.39 is 6.10 Å². The van der Waals surface area contributed by atoms with Crippen LogP contribution < -0.4 is 14.8 Å². The van der Waals surface area contributed by atoms with Gasteiger partial charge in [-0.1, -0.05) is 48.3 Å². The second-order valence-corrected chi connectivity index (χ2v) is 8.66. The van der Waals surface area contributed by atoms with E-state index in [1.807, 2.05) is 43.3 Å². The van der Waals surface area contributed by atoms with Crippen molar-refractivity contribution in [3.8, 4) is 11.5 Å². The molecule has 0 radical (unpaired) electrons. The molecule has 0 bridgehead atoms. The van der Waals surface area contributed by atoms with Crippen LogP contribution in [-0.2, 0) is 11.3 Å². The van der Waals surface area contributed by atoms with E-state index in [4.69, 9.17) is 32.7 Å². The zero-order valence-electron chi connectivity index (χ0n) is 18.6. The lowest BCUT2D eigenvalue weighted by Gasteiger charge is -2.23. The number of halogens is 2. The average molecular weight is 499 g/mol. The number of hydrogen-bond donors (Lipinski definition) is 1. The molecule has 1 unspecified atom stereocenters. The van der Waals surface area contributed by atoms with E-state index in [2.05, 4.69) is 5.32 Å². The molecule has 0 aromatic heterocycles. The highest BCUT2D eigenvalue weighted by molar-refractivity contribution is 6.42. The van der Waals surface area contributed by atoms with Gasteiger partial charge in [-0.25, -0.2) is 0 Å². The SMILES string of the molecule is CCC1Oc2ccc(NC(=O)c3ccc(Cl)c(Cl)c3)cc2CN(CCOc2ccccc2)C1=O. The van der Waals surface area contributed by atoms with Gasteiger partial charge in [0.05, 0.1) is 16.6 Å². The fraction of sp³-hybridized carbons (Fsp3) is 0.231. The molecule has 1 aliphatic rings. The number of benzene rings is 3. The van der Waals surface area contributed by atoms with Gasteiger partial charge in [0.1, 0.15) is 18.1 Å². The van der Waals surface area contributed by atoms with E-state index in [-0.39, 0.29) is 11.8 Å². The zero-order valence-corrected chi connectivity index (χ0v) is 20.1. The molecule has 3 aromatic rings. The van der Waals surface area contributed by atoms with E-state index >= 15 is 0 Å². The molecule has 0 saturated carbocycles. The number of anilines is 1. The Kier molecular flexibility index (Phi) is 7.60. The van der Waals surface area contributed by atoms with Crippen molar-refractivity contribution >= 4 is 40.7 Å². The third-order valence-electron chi connectivity index (χ3n) is 5.46. The molecule has 0 spiro atoms. The fourth-order valence-corrected chi connectivity index (χ4v) is 3.96. The Balaban J connectivity index is 1.49. The second kappa shape index (κ2) is 10.8. The highest BCUT2D eigenvalue weighted by Crippen LogP contribution is 2.30. The maximum absolute atomic E-state index is 13.0. The molecule has 8 heteroatoms. The lowest BCUT2D eigenvalue weighted by Crippen LogP contribution is -2.41. The van der Waals surface area contributed by atoms with Gasteiger partial charge < -0.3 is 19.7 Å². The van der Waals surface area contributed by atoms with Gasteiger partial charge in [-0.15, -0.1) is 0 Å². The first-order chi connectivity index (χ1) is 16.4. The highest BCUT2D eigenvalue weighted by Gasteiger charge is 2.30. The molecule has 176 valence electrons. The summed E-state index contributed by atoms with van der Waals surface area (Å²) in [5.41, 5.74) is 1.78. The monoisotopic (exact) mass is 498 g/mol.